The highest BCUT2D eigenvalue weighted by Gasteiger charge is 2.51. The van der Waals surface area contributed by atoms with Gasteiger partial charge in [-0.25, -0.2) is 8.37 Å². The van der Waals surface area contributed by atoms with Crippen molar-refractivity contribution in [2.24, 2.45) is 4.99 Å². The van der Waals surface area contributed by atoms with E-state index in [9.17, 15) is 47.5 Å². The lowest BCUT2D eigenvalue weighted by Crippen LogP contribution is -2.64. The van der Waals surface area contributed by atoms with Crippen molar-refractivity contribution in [3.63, 3.8) is 0 Å². The molecular weight excluding hydrogens is 518 g/mol. The zero-order valence-electron chi connectivity index (χ0n) is 17.2. The molecule has 0 bridgehead atoms. The maximum absolute atomic E-state index is 11.3. The second-order valence-corrected chi connectivity index (χ2v) is 9.42. The summed E-state index contributed by atoms with van der Waals surface area (Å²) in [6.07, 6.45) is -17.2. The van der Waals surface area contributed by atoms with Gasteiger partial charge in [-0.3, -0.25) is 14.1 Å². The van der Waals surface area contributed by atoms with E-state index in [4.69, 9.17) is 23.3 Å². The van der Waals surface area contributed by atoms with Crippen molar-refractivity contribution in [2.75, 3.05) is 13.2 Å². The highest BCUT2D eigenvalue weighted by atomic mass is 32.3. The van der Waals surface area contributed by atoms with E-state index in [1.54, 1.807) is 0 Å². The molecule has 0 amide bonds. The number of ether oxygens (including phenoxy) is 3. The van der Waals surface area contributed by atoms with Crippen molar-refractivity contribution in [3.8, 4) is 0 Å². The Bertz CT molecular complexity index is 921. The molecule has 0 aliphatic carbocycles. The quantitative estimate of drug-likeness (QED) is 0.0810. The van der Waals surface area contributed by atoms with Crippen LogP contribution in [-0.4, -0.2) is 132 Å². The summed E-state index contributed by atoms with van der Waals surface area (Å²) in [7, 11) is -10.0. The summed E-state index contributed by atoms with van der Waals surface area (Å²) in [5, 5.41) is 62.1. The van der Waals surface area contributed by atoms with Gasteiger partial charge in [-0.15, -0.1) is 0 Å². The zero-order valence-corrected chi connectivity index (χ0v) is 18.8. The van der Waals surface area contributed by atoms with Crippen molar-refractivity contribution in [2.45, 2.75) is 68.3 Å². The molecule has 200 valence electrons. The number of aliphatic hydroxyl groups excluding tert-OH is 5. The highest BCUT2D eigenvalue weighted by Crippen LogP contribution is 2.30. The van der Waals surface area contributed by atoms with Gasteiger partial charge in [-0.1, -0.05) is 0 Å². The first-order valence-corrected chi connectivity index (χ1v) is 12.0. The minimum atomic E-state index is -5.03. The molecular formula is C14H24NO17S2-. The van der Waals surface area contributed by atoms with Crippen LogP contribution in [0.4, 0.5) is 0 Å². The van der Waals surface area contributed by atoms with Crippen LogP contribution in [0.1, 0.15) is 6.92 Å². The third kappa shape index (κ3) is 7.96. The first-order valence-electron chi connectivity index (χ1n) is 9.32. The van der Waals surface area contributed by atoms with E-state index in [1.165, 1.54) is 0 Å². The SMILES string of the molecule is CC([O-])=N[C@H]1C(O)O[C@H](COS(=O)(=O)O)[C@@H](O[C@@H]2O[C@H](COS(=O)(=O)O)[C@H](O)[C@H](O)[C@H]2O)[C@@H]1O. The molecule has 2 heterocycles. The van der Waals surface area contributed by atoms with Crippen molar-refractivity contribution in [3.05, 3.63) is 0 Å². The van der Waals surface area contributed by atoms with Gasteiger partial charge in [-0.05, 0) is 12.8 Å². The Kier molecular flexibility index (Phi) is 9.68. The molecule has 2 aliphatic heterocycles. The van der Waals surface area contributed by atoms with Gasteiger partial charge < -0.3 is 44.8 Å². The minimum Gasteiger partial charge on any atom is -0.862 e. The summed E-state index contributed by atoms with van der Waals surface area (Å²) in [6, 6.07) is -1.68. The van der Waals surface area contributed by atoms with Crippen LogP contribution < -0.4 is 5.11 Å². The number of hydrogen-bond donors (Lipinski definition) is 7. The monoisotopic (exact) mass is 542 g/mol. The van der Waals surface area contributed by atoms with E-state index in [0.29, 0.717) is 0 Å². The number of nitrogens with zero attached hydrogens (tertiary/aromatic N) is 1. The summed E-state index contributed by atoms with van der Waals surface area (Å²) >= 11 is 0. The van der Waals surface area contributed by atoms with E-state index in [1.807, 2.05) is 0 Å². The molecule has 18 nitrogen and oxygen atoms in total. The molecule has 2 aliphatic rings. The van der Waals surface area contributed by atoms with Crippen LogP contribution in [0.15, 0.2) is 4.99 Å². The molecule has 2 rings (SSSR count). The van der Waals surface area contributed by atoms with Crippen LogP contribution in [0.3, 0.4) is 0 Å². The maximum Gasteiger partial charge on any atom is 0.397 e. The molecule has 2 saturated heterocycles. The third-order valence-corrected chi connectivity index (χ3v) is 5.58. The number of hydrogen-bond acceptors (Lipinski definition) is 16. The van der Waals surface area contributed by atoms with Gasteiger partial charge in [0.15, 0.2) is 12.6 Å². The Morgan fingerprint density at radius 2 is 1.38 bits per heavy atom. The van der Waals surface area contributed by atoms with Crippen LogP contribution >= 0.6 is 0 Å². The van der Waals surface area contributed by atoms with Crippen LogP contribution in [-0.2, 0) is 43.4 Å². The van der Waals surface area contributed by atoms with E-state index in [0.717, 1.165) is 6.92 Å². The fraction of sp³-hybridized carbons (Fsp3) is 0.929. The topological polar surface area (TPSA) is 291 Å². The lowest BCUT2D eigenvalue weighted by molar-refractivity contribution is -0.343. The smallest absolute Gasteiger partial charge is 0.397 e. The summed E-state index contributed by atoms with van der Waals surface area (Å²) in [4.78, 5) is 3.44. The van der Waals surface area contributed by atoms with Gasteiger partial charge in [0.2, 0.25) is 0 Å². The first-order chi connectivity index (χ1) is 15.5. The Morgan fingerprint density at radius 3 is 1.88 bits per heavy atom. The largest absolute Gasteiger partial charge is 0.862 e. The molecule has 1 unspecified atom stereocenters. The lowest BCUT2D eigenvalue weighted by atomic mass is 9.96. The molecule has 0 radical (unpaired) electrons. The van der Waals surface area contributed by atoms with Crippen molar-refractivity contribution < 1.29 is 79.2 Å². The van der Waals surface area contributed by atoms with E-state index >= 15 is 0 Å². The van der Waals surface area contributed by atoms with Gasteiger partial charge in [-0.2, -0.15) is 16.8 Å². The average molecular weight is 542 g/mol. The van der Waals surface area contributed by atoms with E-state index in [2.05, 4.69) is 13.4 Å². The summed E-state index contributed by atoms with van der Waals surface area (Å²) in [5.74, 6) is -0.854. The maximum atomic E-state index is 11.3. The van der Waals surface area contributed by atoms with Crippen LogP contribution in [0.25, 0.3) is 0 Å². The van der Waals surface area contributed by atoms with Gasteiger partial charge >= 0.3 is 20.8 Å². The summed E-state index contributed by atoms with van der Waals surface area (Å²) < 4.78 is 84.6. The standard InChI is InChI=1S/C14H25NO17S2/c1-4(16)15-7-9(18)12(6(30-13(7)21)3-29-34(25,26)27)32-14-11(20)10(19)8(17)5(31-14)2-28-33(22,23)24/h5-14,17-21H,2-3H2,1H3,(H,15,16)(H,22,23,24)(H,25,26,27)/p-1/t5-,6-,7-,8+,9-,10+,11-,12-,13?,14+/m1/s1. The molecule has 2 fully saturated rings. The van der Waals surface area contributed by atoms with Crippen molar-refractivity contribution in [1.82, 2.24) is 0 Å². The molecule has 0 spiro atoms. The fourth-order valence-electron chi connectivity index (χ4n) is 3.20. The van der Waals surface area contributed by atoms with Crippen LogP contribution in [0, 0.1) is 0 Å². The second-order valence-electron chi connectivity index (χ2n) is 7.23. The molecule has 0 aromatic rings. The normalized spacial score (nSPS) is 40.3. The Balaban J connectivity index is 2.29. The van der Waals surface area contributed by atoms with Gasteiger partial charge in [0.1, 0.15) is 48.8 Å². The summed E-state index contributed by atoms with van der Waals surface area (Å²) in [6.45, 7) is -1.13. The predicted octanol–water partition coefficient (Wildman–Crippen LogP) is -5.96. The van der Waals surface area contributed by atoms with Gasteiger partial charge in [0.05, 0.1) is 13.2 Å². The first kappa shape index (κ1) is 29.1. The van der Waals surface area contributed by atoms with E-state index in [-0.39, 0.29) is 0 Å². The Hall–Kier alpha value is -1.11. The molecule has 0 saturated carbocycles. The van der Waals surface area contributed by atoms with E-state index < -0.39 is 101 Å². The average Bonchev–Trinajstić information content (AvgIpc) is 2.69. The van der Waals surface area contributed by atoms with Crippen molar-refractivity contribution in [1.29, 1.82) is 0 Å². The molecule has 0 aromatic heterocycles. The van der Waals surface area contributed by atoms with Crippen LogP contribution in [0.5, 0.6) is 0 Å². The van der Waals surface area contributed by atoms with Gasteiger partial charge in [0, 0.05) is 0 Å². The lowest BCUT2D eigenvalue weighted by Gasteiger charge is -2.45. The minimum absolute atomic E-state index is 0.854. The molecule has 7 N–H and O–H groups in total. The van der Waals surface area contributed by atoms with Gasteiger partial charge in [0.25, 0.3) is 0 Å². The summed E-state index contributed by atoms with van der Waals surface area (Å²) in [5.41, 5.74) is 0. The molecule has 20 heteroatoms. The molecule has 34 heavy (non-hydrogen) atoms. The van der Waals surface area contributed by atoms with Crippen LogP contribution in [0.2, 0.25) is 0 Å². The predicted molar refractivity (Wildman–Crippen MR) is 100 cm³/mol. The fourth-order valence-corrected chi connectivity index (χ4v) is 3.81. The number of rotatable bonds is 9. The Labute approximate surface area is 192 Å². The third-order valence-electron chi connectivity index (χ3n) is 4.71. The number of aliphatic imine (C=N–C) groups is 1. The Morgan fingerprint density at radius 1 is 0.853 bits per heavy atom. The molecule has 10 atom stereocenters. The highest BCUT2D eigenvalue weighted by molar-refractivity contribution is 7.81. The number of aliphatic hydroxyl groups is 5. The zero-order chi connectivity index (χ0) is 26.0. The van der Waals surface area contributed by atoms with Crippen molar-refractivity contribution >= 4 is 26.7 Å². The molecule has 0 aromatic carbocycles. The second kappa shape index (κ2) is 11.3.